The van der Waals surface area contributed by atoms with Crippen LogP contribution in [0.3, 0.4) is 0 Å². The van der Waals surface area contributed by atoms with E-state index in [1.807, 2.05) is 30.3 Å². The molecule has 2 heteroatoms. The molecule has 21 heavy (non-hydrogen) atoms. The van der Waals surface area contributed by atoms with E-state index in [2.05, 4.69) is 20.8 Å². The van der Waals surface area contributed by atoms with E-state index < -0.39 is 5.79 Å². The van der Waals surface area contributed by atoms with Crippen LogP contribution in [-0.4, -0.2) is 10.2 Å². The van der Waals surface area contributed by atoms with E-state index in [1.54, 1.807) is 0 Å². The number of benzene rings is 1. The van der Waals surface area contributed by atoms with Crippen molar-refractivity contribution in [1.29, 1.82) is 0 Å². The Hall–Kier alpha value is -0.860. The molecule has 0 fully saturated rings. The Balaban J connectivity index is 2.67. The first-order valence-electron chi connectivity index (χ1n) is 8.48. The van der Waals surface area contributed by atoms with Crippen LogP contribution in [0, 0.1) is 11.8 Å². The molecule has 1 aromatic carbocycles. The summed E-state index contributed by atoms with van der Waals surface area (Å²) in [5, 5.41) is 21.3. The molecular weight excluding hydrogens is 260 g/mol. The van der Waals surface area contributed by atoms with Gasteiger partial charge >= 0.3 is 0 Å². The topological polar surface area (TPSA) is 40.5 Å². The smallest absolute Gasteiger partial charge is 0.192 e. The number of hydrogen-bond acceptors (Lipinski definition) is 2. The molecule has 0 aromatic heterocycles. The third kappa shape index (κ3) is 6.19. The standard InChI is InChI=1S/C19H32O2/c1-4-5-6-7-9-14-18(15-16(2)3)19(20,21)17-12-10-8-11-13-17/h8,10-13,16,18,20-21H,4-7,9,14-15H2,1-3H3. The van der Waals surface area contributed by atoms with E-state index in [-0.39, 0.29) is 5.92 Å². The van der Waals surface area contributed by atoms with Gasteiger partial charge in [-0.1, -0.05) is 83.2 Å². The first kappa shape index (κ1) is 18.2. The Kier molecular flexibility index (Phi) is 7.98. The minimum atomic E-state index is -1.71. The van der Waals surface area contributed by atoms with Crippen LogP contribution >= 0.6 is 0 Å². The summed E-state index contributed by atoms with van der Waals surface area (Å²) in [4.78, 5) is 0. The van der Waals surface area contributed by atoms with Gasteiger partial charge in [-0.2, -0.15) is 0 Å². The van der Waals surface area contributed by atoms with Crippen molar-refractivity contribution in [3.63, 3.8) is 0 Å². The predicted octanol–water partition coefficient (Wildman–Crippen LogP) is 4.85. The number of aliphatic hydroxyl groups is 2. The van der Waals surface area contributed by atoms with Crippen LogP contribution in [0.5, 0.6) is 0 Å². The average Bonchev–Trinajstić information content (AvgIpc) is 2.46. The van der Waals surface area contributed by atoms with Gasteiger partial charge in [-0.25, -0.2) is 0 Å². The molecule has 2 nitrogen and oxygen atoms in total. The van der Waals surface area contributed by atoms with E-state index in [4.69, 9.17) is 0 Å². The molecule has 2 N–H and O–H groups in total. The number of unbranched alkanes of at least 4 members (excludes halogenated alkanes) is 4. The summed E-state index contributed by atoms with van der Waals surface area (Å²) in [6.07, 6.45) is 7.75. The maximum atomic E-state index is 10.7. The van der Waals surface area contributed by atoms with Gasteiger partial charge in [0.25, 0.3) is 0 Å². The molecule has 0 aliphatic rings. The summed E-state index contributed by atoms with van der Waals surface area (Å²) in [6.45, 7) is 6.50. The van der Waals surface area contributed by atoms with Gasteiger partial charge in [0, 0.05) is 11.5 Å². The second kappa shape index (κ2) is 9.22. The lowest BCUT2D eigenvalue weighted by molar-refractivity contribution is -0.215. The summed E-state index contributed by atoms with van der Waals surface area (Å²) in [7, 11) is 0. The average molecular weight is 292 g/mol. The Morgan fingerprint density at radius 1 is 0.952 bits per heavy atom. The van der Waals surface area contributed by atoms with E-state index >= 15 is 0 Å². The molecule has 0 saturated carbocycles. The van der Waals surface area contributed by atoms with Crippen molar-refractivity contribution in [3.8, 4) is 0 Å². The minimum absolute atomic E-state index is 0.0958. The molecule has 0 bridgehead atoms. The van der Waals surface area contributed by atoms with Crippen molar-refractivity contribution in [1.82, 2.24) is 0 Å². The highest BCUT2D eigenvalue weighted by atomic mass is 16.5. The summed E-state index contributed by atoms with van der Waals surface area (Å²) < 4.78 is 0. The van der Waals surface area contributed by atoms with Crippen molar-refractivity contribution >= 4 is 0 Å². The highest BCUT2D eigenvalue weighted by Gasteiger charge is 2.35. The van der Waals surface area contributed by atoms with E-state index in [9.17, 15) is 10.2 Å². The van der Waals surface area contributed by atoms with E-state index in [0.29, 0.717) is 11.5 Å². The summed E-state index contributed by atoms with van der Waals surface area (Å²) in [5.74, 6) is -1.34. The van der Waals surface area contributed by atoms with Crippen LogP contribution in [-0.2, 0) is 5.79 Å². The van der Waals surface area contributed by atoms with Gasteiger partial charge in [0.1, 0.15) is 0 Å². The molecule has 0 heterocycles. The van der Waals surface area contributed by atoms with Crippen molar-refractivity contribution in [2.24, 2.45) is 11.8 Å². The summed E-state index contributed by atoms with van der Waals surface area (Å²) in [5.41, 5.74) is 0.615. The number of rotatable bonds is 10. The van der Waals surface area contributed by atoms with E-state index in [1.165, 1.54) is 25.7 Å². The third-order valence-electron chi connectivity index (χ3n) is 4.18. The Morgan fingerprint density at radius 3 is 2.14 bits per heavy atom. The zero-order chi connectivity index (χ0) is 15.7. The van der Waals surface area contributed by atoms with Gasteiger partial charge in [-0.05, 0) is 18.8 Å². The molecule has 0 spiro atoms. The molecule has 1 atom stereocenters. The predicted molar refractivity (Wildman–Crippen MR) is 88.9 cm³/mol. The molecule has 1 rings (SSSR count). The van der Waals surface area contributed by atoms with Gasteiger partial charge in [0.15, 0.2) is 5.79 Å². The van der Waals surface area contributed by atoms with Crippen molar-refractivity contribution in [2.75, 3.05) is 0 Å². The van der Waals surface area contributed by atoms with Gasteiger partial charge < -0.3 is 10.2 Å². The molecular formula is C19H32O2. The molecule has 1 unspecified atom stereocenters. The molecule has 1 aromatic rings. The molecule has 0 radical (unpaired) electrons. The van der Waals surface area contributed by atoms with Crippen LogP contribution in [0.15, 0.2) is 30.3 Å². The quantitative estimate of drug-likeness (QED) is 0.478. The van der Waals surface area contributed by atoms with Gasteiger partial charge in [0.05, 0.1) is 0 Å². The fraction of sp³-hybridized carbons (Fsp3) is 0.684. The fourth-order valence-corrected chi connectivity index (χ4v) is 2.97. The molecule has 0 aliphatic carbocycles. The van der Waals surface area contributed by atoms with Gasteiger partial charge in [-0.15, -0.1) is 0 Å². The lowest BCUT2D eigenvalue weighted by Gasteiger charge is -2.33. The first-order chi connectivity index (χ1) is 9.98. The van der Waals surface area contributed by atoms with Crippen molar-refractivity contribution in [3.05, 3.63) is 35.9 Å². The van der Waals surface area contributed by atoms with Gasteiger partial charge in [0.2, 0.25) is 0 Å². The summed E-state index contributed by atoms with van der Waals surface area (Å²) >= 11 is 0. The maximum absolute atomic E-state index is 10.7. The van der Waals surface area contributed by atoms with Crippen LogP contribution < -0.4 is 0 Å². The minimum Gasteiger partial charge on any atom is -0.362 e. The molecule has 0 amide bonds. The lowest BCUT2D eigenvalue weighted by atomic mass is 9.82. The largest absolute Gasteiger partial charge is 0.362 e. The van der Waals surface area contributed by atoms with Crippen molar-refractivity contribution in [2.45, 2.75) is 71.5 Å². The second-order valence-electron chi connectivity index (χ2n) is 6.62. The monoisotopic (exact) mass is 292 g/mol. The van der Waals surface area contributed by atoms with Crippen LogP contribution in [0.1, 0.15) is 71.3 Å². The summed E-state index contributed by atoms with van der Waals surface area (Å²) in [6, 6.07) is 9.25. The Bertz CT molecular complexity index is 370. The van der Waals surface area contributed by atoms with Crippen LogP contribution in [0.2, 0.25) is 0 Å². The second-order valence-corrected chi connectivity index (χ2v) is 6.62. The maximum Gasteiger partial charge on any atom is 0.192 e. The highest BCUT2D eigenvalue weighted by molar-refractivity contribution is 5.20. The zero-order valence-electron chi connectivity index (χ0n) is 13.9. The Labute approximate surface area is 130 Å². The highest BCUT2D eigenvalue weighted by Crippen LogP contribution is 2.35. The van der Waals surface area contributed by atoms with Crippen molar-refractivity contribution < 1.29 is 10.2 Å². The zero-order valence-corrected chi connectivity index (χ0v) is 13.9. The van der Waals surface area contributed by atoms with E-state index in [0.717, 1.165) is 19.3 Å². The Morgan fingerprint density at radius 2 is 1.57 bits per heavy atom. The van der Waals surface area contributed by atoms with Crippen LogP contribution in [0.4, 0.5) is 0 Å². The first-order valence-corrected chi connectivity index (χ1v) is 8.48. The normalized spacial score (nSPS) is 13.6. The third-order valence-corrected chi connectivity index (χ3v) is 4.18. The molecule has 0 aliphatic heterocycles. The molecule has 0 saturated heterocycles. The SMILES string of the molecule is CCCCCCCC(CC(C)C)C(O)(O)c1ccccc1. The fourth-order valence-electron chi connectivity index (χ4n) is 2.97. The van der Waals surface area contributed by atoms with Gasteiger partial charge in [-0.3, -0.25) is 0 Å². The van der Waals surface area contributed by atoms with Crippen LogP contribution in [0.25, 0.3) is 0 Å². The number of hydrogen-bond donors (Lipinski definition) is 2. The molecule has 120 valence electrons. The lowest BCUT2D eigenvalue weighted by Crippen LogP contribution is -2.35.